The molecule has 0 radical (unpaired) electrons. The fourth-order valence-electron chi connectivity index (χ4n) is 3.76. The molecule has 1 aromatic carbocycles. The van der Waals surface area contributed by atoms with E-state index in [9.17, 15) is 4.79 Å². The predicted molar refractivity (Wildman–Crippen MR) is 100.0 cm³/mol. The molecule has 0 bridgehead atoms. The Labute approximate surface area is 146 Å². The summed E-state index contributed by atoms with van der Waals surface area (Å²) in [5.41, 5.74) is 3.01. The van der Waals surface area contributed by atoms with Crippen LogP contribution >= 0.6 is 15.9 Å². The van der Waals surface area contributed by atoms with Crippen molar-refractivity contribution < 1.29 is 0 Å². The third-order valence-corrected chi connectivity index (χ3v) is 5.63. The molecule has 0 atom stereocenters. The fraction of sp³-hybridized carbons (Fsp3) is 0.526. The van der Waals surface area contributed by atoms with Gasteiger partial charge in [-0.2, -0.15) is 0 Å². The van der Waals surface area contributed by atoms with Crippen molar-refractivity contribution in [1.29, 1.82) is 0 Å². The van der Waals surface area contributed by atoms with Gasteiger partial charge in [0.2, 0.25) is 0 Å². The molecule has 1 saturated carbocycles. The Hall–Kier alpha value is -1.13. The molecule has 1 aliphatic carbocycles. The summed E-state index contributed by atoms with van der Waals surface area (Å²) >= 11 is 3.47. The lowest BCUT2D eigenvalue weighted by atomic mass is 9.93. The van der Waals surface area contributed by atoms with Crippen LogP contribution in [0.3, 0.4) is 0 Å². The summed E-state index contributed by atoms with van der Waals surface area (Å²) in [6, 6.07) is 6.49. The van der Waals surface area contributed by atoms with Crippen molar-refractivity contribution >= 4 is 26.8 Å². The van der Waals surface area contributed by atoms with E-state index in [1.54, 1.807) is 0 Å². The number of H-pyrrole nitrogens is 1. The van der Waals surface area contributed by atoms with Crippen LogP contribution in [0.25, 0.3) is 10.9 Å². The van der Waals surface area contributed by atoms with E-state index in [1.165, 1.54) is 32.1 Å². The van der Waals surface area contributed by atoms with Gasteiger partial charge in [0, 0.05) is 39.2 Å². The summed E-state index contributed by atoms with van der Waals surface area (Å²) < 4.78 is 0.949. The van der Waals surface area contributed by atoms with E-state index >= 15 is 0 Å². The molecular weight excluding hydrogens is 352 g/mol. The van der Waals surface area contributed by atoms with Crippen LogP contribution < -0.4 is 5.43 Å². The molecule has 0 amide bonds. The van der Waals surface area contributed by atoms with Crippen LogP contribution in [0, 0.1) is 6.92 Å². The number of rotatable bonds is 4. The number of pyridine rings is 1. The minimum absolute atomic E-state index is 0.173. The highest BCUT2D eigenvalue weighted by Crippen LogP contribution is 2.24. The second-order valence-corrected chi connectivity index (χ2v) is 7.52. The lowest BCUT2D eigenvalue weighted by molar-refractivity contribution is 0.155. The normalized spacial score (nSPS) is 16.3. The molecule has 124 valence electrons. The molecule has 3 nitrogen and oxygen atoms in total. The van der Waals surface area contributed by atoms with E-state index in [-0.39, 0.29) is 5.43 Å². The van der Waals surface area contributed by atoms with E-state index in [0.717, 1.165) is 39.7 Å². The smallest absolute Gasteiger partial charge is 0.194 e. The van der Waals surface area contributed by atoms with E-state index in [0.29, 0.717) is 6.04 Å². The zero-order valence-electron chi connectivity index (χ0n) is 14.0. The Balaban J connectivity index is 1.96. The summed E-state index contributed by atoms with van der Waals surface area (Å²) in [4.78, 5) is 18.9. The van der Waals surface area contributed by atoms with Crippen molar-refractivity contribution in [3.05, 3.63) is 44.2 Å². The van der Waals surface area contributed by atoms with Gasteiger partial charge in [-0.3, -0.25) is 9.69 Å². The summed E-state index contributed by atoms with van der Waals surface area (Å²) in [6.45, 7) is 5.98. The maximum Gasteiger partial charge on any atom is 0.194 e. The first kappa shape index (κ1) is 16.7. The minimum atomic E-state index is 0.173. The Morgan fingerprint density at radius 3 is 2.70 bits per heavy atom. The van der Waals surface area contributed by atoms with Crippen LogP contribution in [0.5, 0.6) is 0 Å². The lowest BCUT2D eigenvalue weighted by Crippen LogP contribution is -2.37. The minimum Gasteiger partial charge on any atom is -0.358 e. The quantitative estimate of drug-likeness (QED) is 0.835. The fourth-order valence-corrected chi connectivity index (χ4v) is 4.12. The van der Waals surface area contributed by atoms with Gasteiger partial charge < -0.3 is 4.98 Å². The van der Waals surface area contributed by atoms with Crippen molar-refractivity contribution in [1.82, 2.24) is 9.88 Å². The van der Waals surface area contributed by atoms with Gasteiger partial charge in [-0.05, 0) is 44.5 Å². The molecule has 1 heterocycles. The van der Waals surface area contributed by atoms with Crippen LogP contribution in [0.15, 0.2) is 27.5 Å². The maximum atomic E-state index is 13.0. The van der Waals surface area contributed by atoms with Crippen LogP contribution in [0.1, 0.15) is 50.3 Å². The van der Waals surface area contributed by atoms with Gasteiger partial charge in [0.15, 0.2) is 5.43 Å². The number of hydrogen-bond acceptors (Lipinski definition) is 2. The van der Waals surface area contributed by atoms with E-state index in [4.69, 9.17) is 0 Å². The van der Waals surface area contributed by atoms with Crippen molar-refractivity contribution in [3.8, 4) is 0 Å². The lowest BCUT2D eigenvalue weighted by Gasteiger charge is -2.33. The largest absolute Gasteiger partial charge is 0.358 e. The number of halogens is 1. The van der Waals surface area contributed by atoms with Crippen LogP contribution in [-0.2, 0) is 6.54 Å². The summed E-state index contributed by atoms with van der Waals surface area (Å²) in [6.07, 6.45) is 6.54. The molecule has 0 aliphatic heterocycles. The van der Waals surface area contributed by atoms with Crippen molar-refractivity contribution in [2.75, 3.05) is 6.54 Å². The number of aryl methyl sites for hydroxylation is 1. The van der Waals surface area contributed by atoms with E-state index in [2.05, 4.69) is 32.7 Å². The number of benzene rings is 1. The van der Waals surface area contributed by atoms with Gasteiger partial charge in [-0.15, -0.1) is 0 Å². The zero-order valence-corrected chi connectivity index (χ0v) is 15.6. The SMILES string of the molecule is CCN(Cc1c(C)[nH]c2ccc(Br)cc2c1=O)C1CCCCC1. The highest BCUT2D eigenvalue weighted by Gasteiger charge is 2.22. The van der Waals surface area contributed by atoms with Gasteiger partial charge >= 0.3 is 0 Å². The zero-order chi connectivity index (χ0) is 16.4. The molecule has 0 unspecified atom stereocenters. The van der Waals surface area contributed by atoms with Gasteiger partial charge in [-0.1, -0.05) is 42.1 Å². The molecule has 1 fully saturated rings. The second-order valence-electron chi connectivity index (χ2n) is 6.60. The number of nitrogens with one attached hydrogen (secondary N) is 1. The van der Waals surface area contributed by atoms with Crippen LogP contribution in [-0.4, -0.2) is 22.5 Å². The number of aromatic amines is 1. The number of nitrogens with zero attached hydrogens (tertiary/aromatic N) is 1. The number of hydrogen-bond donors (Lipinski definition) is 1. The molecule has 3 rings (SSSR count). The van der Waals surface area contributed by atoms with Gasteiger partial charge in [-0.25, -0.2) is 0 Å². The predicted octanol–water partition coefficient (Wildman–Crippen LogP) is 4.75. The first-order chi connectivity index (χ1) is 11.1. The molecule has 0 spiro atoms. The first-order valence-corrected chi connectivity index (χ1v) is 9.44. The Morgan fingerprint density at radius 1 is 1.26 bits per heavy atom. The molecule has 1 N–H and O–H groups in total. The van der Waals surface area contributed by atoms with Gasteiger partial charge in [0.1, 0.15) is 0 Å². The van der Waals surface area contributed by atoms with Crippen LogP contribution in [0.2, 0.25) is 0 Å². The third-order valence-electron chi connectivity index (χ3n) is 5.13. The Kier molecular flexibility index (Phi) is 5.22. The summed E-state index contributed by atoms with van der Waals surface area (Å²) in [7, 11) is 0. The van der Waals surface area contributed by atoms with Crippen molar-refractivity contribution in [2.24, 2.45) is 0 Å². The molecule has 4 heteroatoms. The monoisotopic (exact) mass is 376 g/mol. The number of aromatic nitrogens is 1. The average molecular weight is 377 g/mol. The molecular formula is C19H25BrN2O. The topological polar surface area (TPSA) is 36.1 Å². The van der Waals surface area contributed by atoms with E-state index in [1.807, 2.05) is 25.1 Å². The average Bonchev–Trinajstić information content (AvgIpc) is 2.57. The van der Waals surface area contributed by atoms with Gasteiger partial charge in [0.05, 0.1) is 0 Å². The summed E-state index contributed by atoms with van der Waals surface area (Å²) in [5, 5.41) is 0.777. The summed E-state index contributed by atoms with van der Waals surface area (Å²) in [5.74, 6) is 0. The molecule has 2 aromatic rings. The number of fused-ring (bicyclic) bond motifs is 1. The van der Waals surface area contributed by atoms with Crippen molar-refractivity contribution in [3.63, 3.8) is 0 Å². The Morgan fingerprint density at radius 2 is 2.00 bits per heavy atom. The molecule has 23 heavy (non-hydrogen) atoms. The Bertz CT molecular complexity index is 747. The third kappa shape index (κ3) is 3.53. The molecule has 1 aliphatic rings. The standard InChI is InChI=1S/C19H25BrN2O/c1-3-22(15-7-5-4-6-8-15)12-17-13(2)21-18-10-9-14(20)11-16(18)19(17)23/h9-11,15H,3-8,12H2,1-2H3,(H,21,23). The van der Waals surface area contributed by atoms with E-state index < -0.39 is 0 Å². The van der Waals surface area contributed by atoms with Crippen LogP contribution in [0.4, 0.5) is 0 Å². The van der Waals surface area contributed by atoms with Gasteiger partial charge in [0.25, 0.3) is 0 Å². The second kappa shape index (κ2) is 7.18. The highest BCUT2D eigenvalue weighted by molar-refractivity contribution is 9.10. The highest BCUT2D eigenvalue weighted by atomic mass is 79.9. The first-order valence-electron chi connectivity index (χ1n) is 8.65. The molecule has 1 aromatic heterocycles. The van der Waals surface area contributed by atoms with Crippen molar-refractivity contribution in [2.45, 2.75) is 58.5 Å². The molecule has 0 saturated heterocycles. The maximum absolute atomic E-state index is 13.0.